The highest BCUT2D eigenvalue weighted by atomic mass is 35.5. The van der Waals surface area contributed by atoms with E-state index in [4.69, 9.17) is 25.8 Å². The van der Waals surface area contributed by atoms with E-state index < -0.39 is 9.84 Å². The molecule has 1 aliphatic rings. The molecule has 31 heavy (non-hydrogen) atoms. The van der Waals surface area contributed by atoms with E-state index in [1.54, 1.807) is 36.2 Å². The van der Waals surface area contributed by atoms with Crippen LogP contribution in [0, 0.1) is 0 Å². The first-order chi connectivity index (χ1) is 14.7. The summed E-state index contributed by atoms with van der Waals surface area (Å²) in [5, 5.41) is 0.439. The molecule has 0 aromatic heterocycles. The van der Waals surface area contributed by atoms with Crippen molar-refractivity contribution >= 4 is 27.3 Å². The molecule has 1 aliphatic heterocycles. The van der Waals surface area contributed by atoms with Crippen LogP contribution in [-0.4, -0.2) is 58.9 Å². The summed E-state index contributed by atoms with van der Waals surface area (Å²) in [6.45, 7) is 1.96. The van der Waals surface area contributed by atoms with Gasteiger partial charge < -0.3 is 19.1 Å². The summed E-state index contributed by atoms with van der Waals surface area (Å²) in [4.78, 5) is 14.4. The molecule has 0 saturated carbocycles. The van der Waals surface area contributed by atoms with Crippen LogP contribution < -0.4 is 14.2 Å². The molecule has 1 amide bonds. The third-order valence-electron chi connectivity index (χ3n) is 4.78. The fourth-order valence-electron chi connectivity index (χ4n) is 3.11. The number of hydrogen-bond acceptors (Lipinski definition) is 6. The van der Waals surface area contributed by atoms with E-state index in [-0.39, 0.29) is 17.2 Å². The van der Waals surface area contributed by atoms with Crippen molar-refractivity contribution in [3.05, 3.63) is 47.0 Å². The second-order valence-electron chi connectivity index (χ2n) is 7.40. The van der Waals surface area contributed by atoms with Gasteiger partial charge in [0.15, 0.2) is 21.3 Å². The Morgan fingerprint density at radius 2 is 1.97 bits per heavy atom. The van der Waals surface area contributed by atoms with E-state index in [0.717, 1.165) is 18.2 Å². The summed E-state index contributed by atoms with van der Waals surface area (Å²) >= 11 is 6.30. The maximum absolute atomic E-state index is 12.6. The third kappa shape index (κ3) is 6.51. The van der Waals surface area contributed by atoms with Crippen molar-refractivity contribution in [1.29, 1.82) is 0 Å². The second-order valence-corrected chi connectivity index (χ2v) is 9.82. The molecule has 2 aromatic rings. The van der Waals surface area contributed by atoms with Gasteiger partial charge in [-0.05, 0) is 42.3 Å². The highest BCUT2D eigenvalue weighted by molar-refractivity contribution is 7.90. The monoisotopic (exact) mass is 467 g/mol. The highest BCUT2D eigenvalue weighted by Gasteiger charge is 2.18. The molecule has 0 spiro atoms. The first-order valence-corrected chi connectivity index (χ1v) is 12.3. The Morgan fingerprint density at radius 3 is 2.74 bits per heavy atom. The van der Waals surface area contributed by atoms with Crippen LogP contribution in [-0.2, 0) is 21.1 Å². The summed E-state index contributed by atoms with van der Waals surface area (Å²) < 4.78 is 40.2. The van der Waals surface area contributed by atoms with Crippen LogP contribution >= 0.6 is 11.6 Å². The van der Waals surface area contributed by atoms with Crippen LogP contribution in [0.4, 0.5) is 0 Å². The van der Waals surface area contributed by atoms with Gasteiger partial charge in [0.2, 0.25) is 5.91 Å². The molecule has 0 fully saturated rings. The number of rotatable bonds is 8. The van der Waals surface area contributed by atoms with Crippen LogP contribution in [0.25, 0.3) is 0 Å². The Kier molecular flexibility index (Phi) is 7.67. The van der Waals surface area contributed by atoms with E-state index in [9.17, 15) is 13.2 Å². The number of nitrogens with zero attached hydrogens (tertiary/aromatic N) is 1. The molecule has 0 bridgehead atoms. The molecule has 1 heterocycles. The lowest BCUT2D eigenvalue weighted by atomic mass is 10.1. The Hall–Kier alpha value is -2.45. The molecule has 7 nitrogen and oxygen atoms in total. The van der Waals surface area contributed by atoms with Gasteiger partial charge in [0.1, 0.15) is 5.75 Å². The van der Waals surface area contributed by atoms with E-state index in [2.05, 4.69) is 0 Å². The number of fused-ring (bicyclic) bond motifs is 1. The zero-order chi connectivity index (χ0) is 22.4. The number of likely N-dealkylation sites (N-methyl/N-ethyl adjacent to an activating group) is 1. The fourth-order valence-corrected chi connectivity index (χ4v) is 4.05. The van der Waals surface area contributed by atoms with Crippen LogP contribution in [0.1, 0.15) is 18.4 Å². The van der Waals surface area contributed by atoms with E-state index in [1.165, 1.54) is 12.1 Å². The molecule has 168 valence electrons. The molecule has 0 unspecified atom stereocenters. The van der Waals surface area contributed by atoms with E-state index in [1.807, 2.05) is 0 Å². The fraction of sp³-hybridized carbons (Fsp3) is 0.409. The number of halogens is 1. The Morgan fingerprint density at radius 1 is 1.19 bits per heavy atom. The topological polar surface area (TPSA) is 82.1 Å². The minimum absolute atomic E-state index is 0.0513. The van der Waals surface area contributed by atoms with Gasteiger partial charge in [-0.1, -0.05) is 17.7 Å². The molecule has 2 aromatic carbocycles. The molecule has 3 rings (SSSR count). The minimum Gasteiger partial charge on any atom is -0.493 e. The predicted molar refractivity (Wildman–Crippen MR) is 118 cm³/mol. The zero-order valence-corrected chi connectivity index (χ0v) is 19.2. The van der Waals surface area contributed by atoms with E-state index in [0.29, 0.717) is 55.1 Å². The van der Waals surface area contributed by atoms with Crippen LogP contribution in [0.2, 0.25) is 5.02 Å². The molecule has 0 N–H and O–H groups in total. The van der Waals surface area contributed by atoms with Crippen molar-refractivity contribution < 1.29 is 27.4 Å². The smallest absolute Gasteiger partial charge is 0.226 e. The number of hydrogen-bond donors (Lipinski definition) is 0. The van der Waals surface area contributed by atoms with Crippen molar-refractivity contribution in [2.75, 3.05) is 39.7 Å². The van der Waals surface area contributed by atoms with Gasteiger partial charge in [-0.15, -0.1) is 0 Å². The van der Waals surface area contributed by atoms with Gasteiger partial charge in [-0.25, -0.2) is 8.42 Å². The average molecular weight is 468 g/mol. The number of carbonyl (C=O) groups is 1. The number of carbonyl (C=O) groups excluding carboxylic acids is 1. The van der Waals surface area contributed by atoms with Crippen LogP contribution in [0.5, 0.6) is 17.2 Å². The number of sulfone groups is 1. The van der Waals surface area contributed by atoms with Crippen molar-refractivity contribution in [1.82, 2.24) is 4.90 Å². The highest BCUT2D eigenvalue weighted by Crippen LogP contribution is 2.38. The quantitative estimate of drug-likeness (QED) is 0.553. The van der Waals surface area contributed by atoms with Crippen molar-refractivity contribution in [3.8, 4) is 17.2 Å². The van der Waals surface area contributed by atoms with Crippen LogP contribution in [0.15, 0.2) is 41.3 Å². The Bertz CT molecular complexity index is 1040. The molecule has 0 aliphatic carbocycles. The molecular weight excluding hydrogens is 442 g/mol. The number of amides is 1. The summed E-state index contributed by atoms with van der Waals surface area (Å²) in [5.74, 6) is 1.53. The molecule has 0 radical (unpaired) electrons. The van der Waals surface area contributed by atoms with Crippen molar-refractivity contribution in [2.45, 2.75) is 24.2 Å². The maximum atomic E-state index is 12.6. The SMILES string of the molecule is CN(CCCOc1cccc(S(C)(=O)=O)c1)C(=O)Cc1cc(Cl)c2c(c1)OCCCO2. The lowest BCUT2D eigenvalue weighted by Crippen LogP contribution is -2.30. The summed E-state index contributed by atoms with van der Waals surface area (Å²) in [6, 6.07) is 9.91. The third-order valence-corrected chi connectivity index (χ3v) is 6.17. The minimum atomic E-state index is -3.28. The summed E-state index contributed by atoms with van der Waals surface area (Å²) in [7, 11) is -1.55. The normalized spacial score (nSPS) is 13.4. The van der Waals surface area contributed by atoms with Gasteiger partial charge in [0.05, 0.1) is 36.2 Å². The Balaban J connectivity index is 1.49. The Labute approximate surface area is 187 Å². The van der Waals surface area contributed by atoms with Crippen molar-refractivity contribution in [2.24, 2.45) is 0 Å². The maximum Gasteiger partial charge on any atom is 0.226 e. The van der Waals surface area contributed by atoms with Gasteiger partial charge in [-0.3, -0.25) is 4.79 Å². The van der Waals surface area contributed by atoms with E-state index >= 15 is 0 Å². The average Bonchev–Trinajstić information content (AvgIpc) is 2.96. The number of ether oxygens (including phenoxy) is 3. The number of benzene rings is 2. The van der Waals surface area contributed by atoms with Gasteiger partial charge in [0.25, 0.3) is 0 Å². The molecule has 9 heteroatoms. The first kappa shape index (κ1) is 23.2. The first-order valence-electron chi connectivity index (χ1n) is 9.99. The van der Waals surface area contributed by atoms with Gasteiger partial charge in [0, 0.05) is 26.3 Å². The lowest BCUT2D eigenvalue weighted by Gasteiger charge is -2.18. The van der Waals surface area contributed by atoms with Gasteiger partial charge >= 0.3 is 0 Å². The summed E-state index contributed by atoms with van der Waals surface area (Å²) in [5.41, 5.74) is 0.764. The summed E-state index contributed by atoms with van der Waals surface area (Å²) in [6.07, 6.45) is 2.74. The largest absolute Gasteiger partial charge is 0.493 e. The van der Waals surface area contributed by atoms with Gasteiger partial charge in [-0.2, -0.15) is 0 Å². The molecule has 0 atom stereocenters. The predicted octanol–water partition coefficient (Wildman–Crippen LogP) is 3.37. The van der Waals surface area contributed by atoms with Crippen molar-refractivity contribution in [3.63, 3.8) is 0 Å². The second kappa shape index (κ2) is 10.2. The standard InChI is InChI=1S/C22H26ClNO6S/c1-24(8-4-9-28-17-6-3-7-18(15-17)31(2,26)27)21(25)14-16-12-19(23)22-20(13-16)29-10-5-11-30-22/h3,6-7,12-13,15H,4-5,8-11,14H2,1-2H3. The molecular formula is C22H26ClNO6S. The van der Waals surface area contributed by atoms with Crippen LogP contribution in [0.3, 0.4) is 0 Å². The zero-order valence-electron chi connectivity index (χ0n) is 17.6. The lowest BCUT2D eigenvalue weighted by molar-refractivity contribution is -0.129. The molecule has 0 saturated heterocycles.